The lowest BCUT2D eigenvalue weighted by atomic mass is 10.0. The van der Waals surface area contributed by atoms with Gasteiger partial charge in [-0.3, -0.25) is 9.48 Å². The number of anilines is 1. The summed E-state index contributed by atoms with van der Waals surface area (Å²) in [5, 5.41) is 13.7. The molecule has 0 N–H and O–H groups in total. The number of nitrogens with zero attached hydrogens (tertiary/aromatic N) is 7. The number of aryl methyl sites for hydroxylation is 1. The van der Waals surface area contributed by atoms with Gasteiger partial charge in [-0.25, -0.2) is 9.97 Å². The minimum atomic E-state index is -0.323. The molecule has 0 aromatic carbocycles. The number of piperazine rings is 1. The fraction of sp³-hybridized carbons (Fsp3) is 0.550. The van der Waals surface area contributed by atoms with Gasteiger partial charge in [-0.2, -0.15) is 10.4 Å². The van der Waals surface area contributed by atoms with E-state index in [4.69, 9.17) is 4.74 Å². The second-order valence-electron chi connectivity index (χ2n) is 7.95. The average molecular weight is 395 g/mol. The van der Waals surface area contributed by atoms with Gasteiger partial charge in [0.2, 0.25) is 5.91 Å². The maximum absolute atomic E-state index is 13.0. The molecule has 1 saturated carbocycles. The normalized spacial score (nSPS) is 20.4. The van der Waals surface area contributed by atoms with Gasteiger partial charge in [-0.05, 0) is 19.8 Å². The molecule has 2 aromatic rings. The van der Waals surface area contributed by atoms with E-state index in [2.05, 4.69) is 33.0 Å². The van der Waals surface area contributed by atoms with E-state index in [-0.39, 0.29) is 17.4 Å². The zero-order valence-electron chi connectivity index (χ0n) is 17.0. The highest BCUT2D eigenvalue weighted by Crippen LogP contribution is 2.47. The van der Waals surface area contributed by atoms with Crippen molar-refractivity contribution in [1.82, 2.24) is 24.6 Å². The first-order valence-corrected chi connectivity index (χ1v) is 9.78. The summed E-state index contributed by atoms with van der Waals surface area (Å²) >= 11 is 0. The van der Waals surface area contributed by atoms with Crippen molar-refractivity contribution in [3.63, 3.8) is 0 Å². The molecule has 2 fully saturated rings. The van der Waals surface area contributed by atoms with Crippen LogP contribution in [0.3, 0.4) is 0 Å². The molecule has 2 aromatic heterocycles. The van der Waals surface area contributed by atoms with Crippen molar-refractivity contribution in [2.75, 3.05) is 38.3 Å². The van der Waals surface area contributed by atoms with Crippen LogP contribution in [0, 0.1) is 16.7 Å². The Labute approximate surface area is 169 Å². The van der Waals surface area contributed by atoms with Crippen LogP contribution >= 0.6 is 0 Å². The number of amides is 1. The number of hydrogen-bond donors (Lipinski definition) is 0. The number of carbonyl (C=O) groups excluding carboxylic acids is 1. The highest BCUT2D eigenvalue weighted by atomic mass is 16.5. The molecule has 1 aliphatic carbocycles. The van der Waals surface area contributed by atoms with Crippen LogP contribution in [0.15, 0.2) is 18.6 Å². The largest absolute Gasteiger partial charge is 0.384 e. The van der Waals surface area contributed by atoms with Crippen molar-refractivity contribution >= 4 is 11.7 Å². The summed E-state index contributed by atoms with van der Waals surface area (Å²) in [6.07, 6.45) is 6.90. The second kappa shape index (κ2) is 7.44. The van der Waals surface area contributed by atoms with Gasteiger partial charge in [0.25, 0.3) is 0 Å². The molecule has 3 heterocycles. The maximum atomic E-state index is 13.0. The Kier molecular flexibility index (Phi) is 4.96. The molecule has 1 atom stereocenters. The minimum Gasteiger partial charge on any atom is -0.384 e. The Bertz CT molecular complexity index is 960. The van der Waals surface area contributed by atoms with E-state index in [1.807, 2.05) is 18.1 Å². The number of hydrogen-bond acceptors (Lipinski definition) is 7. The van der Waals surface area contributed by atoms with Crippen molar-refractivity contribution < 1.29 is 9.53 Å². The fourth-order valence-electron chi connectivity index (χ4n) is 3.99. The highest BCUT2D eigenvalue weighted by Gasteiger charge is 2.52. The summed E-state index contributed by atoms with van der Waals surface area (Å²) in [7, 11) is 3.48. The van der Waals surface area contributed by atoms with Crippen molar-refractivity contribution in [2.24, 2.45) is 12.5 Å². The van der Waals surface area contributed by atoms with Gasteiger partial charge in [-0.15, -0.1) is 0 Å². The lowest BCUT2D eigenvalue weighted by Crippen LogP contribution is -2.56. The van der Waals surface area contributed by atoms with Gasteiger partial charge in [0.15, 0.2) is 11.6 Å². The van der Waals surface area contributed by atoms with Crippen LogP contribution in [-0.2, 0) is 16.6 Å². The summed E-state index contributed by atoms with van der Waals surface area (Å²) in [5.74, 6) is 1.33. The number of aromatic nitrogens is 4. The fourth-order valence-corrected chi connectivity index (χ4v) is 3.99. The zero-order valence-corrected chi connectivity index (χ0v) is 17.0. The lowest BCUT2D eigenvalue weighted by Gasteiger charge is -2.42. The molecular weight excluding hydrogens is 370 g/mol. The van der Waals surface area contributed by atoms with Gasteiger partial charge in [0.1, 0.15) is 11.6 Å². The number of ether oxygens (including phenoxy) is 1. The maximum Gasteiger partial charge on any atom is 0.231 e. The number of rotatable bonds is 5. The number of nitriles is 1. The summed E-state index contributed by atoms with van der Waals surface area (Å²) in [5.41, 5.74) is 0.911. The molecule has 4 rings (SSSR count). The van der Waals surface area contributed by atoms with Gasteiger partial charge in [0, 0.05) is 46.0 Å². The van der Waals surface area contributed by atoms with E-state index in [1.165, 1.54) is 0 Å². The predicted molar refractivity (Wildman–Crippen MR) is 106 cm³/mol. The highest BCUT2D eigenvalue weighted by molar-refractivity contribution is 5.86. The summed E-state index contributed by atoms with van der Waals surface area (Å²) in [6.45, 7) is 4.36. The van der Waals surface area contributed by atoms with Crippen LogP contribution in [0.25, 0.3) is 11.4 Å². The molecule has 1 saturated heterocycles. The van der Waals surface area contributed by atoms with E-state index in [1.54, 1.807) is 24.2 Å². The van der Waals surface area contributed by atoms with Gasteiger partial charge in [0.05, 0.1) is 30.0 Å². The van der Waals surface area contributed by atoms with Crippen molar-refractivity contribution in [2.45, 2.75) is 25.8 Å². The van der Waals surface area contributed by atoms with Crippen molar-refractivity contribution in [3.05, 3.63) is 24.2 Å². The smallest absolute Gasteiger partial charge is 0.231 e. The molecule has 9 heteroatoms. The number of carbonyl (C=O) groups is 1. The van der Waals surface area contributed by atoms with Crippen LogP contribution < -0.4 is 4.90 Å². The van der Waals surface area contributed by atoms with Crippen LogP contribution in [0.5, 0.6) is 0 Å². The topological polar surface area (TPSA) is 100 Å². The van der Waals surface area contributed by atoms with E-state index < -0.39 is 0 Å². The van der Waals surface area contributed by atoms with E-state index in [9.17, 15) is 10.1 Å². The SMILES string of the molecule is COCC1(C(=O)N2CCN(c3nc(-c4cnn(C)c4)ncc3C#N)C(C)C2)CC1. The van der Waals surface area contributed by atoms with Crippen LogP contribution in [0.2, 0.25) is 0 Å². The second-order valence-corrected chi connectivity index (χ2v) is 7.95. The standard InChI is InChI=1S/C20H25N7O2/c1-14-11-26(19(28)20(4-5-20)13-29-3)6-7-27(14)18-15(8-21)9-22-17(24-18)16-10-23-25(2)12-16/h9-10,12,14H,4-7,11,13H2,1-3H3. The number of methoxy groups -OCH3 is 1. The molecule has 1 amide bonds. The molecular formula is C20H25N7O2. The van der Waals surface area contributed by atoms with Crippen LogP contribution in [0.1, 0.15) is 25.3 Å². The molecule has 9 nitrogen and oxygen atoms in total. The summed E-state index contributed by atoms with van der Waals surface area (Å²) in [6, 6.07) is 2.23. The molecule has 152 valence electrons. The quantitative estimate of drug-likeness (QED) is 0.750. The molecule has 0 spiro atoms. The average Bonchev–Trinajstić information content (AvgIpc) is 3.38. The molecule has 1 aliphatic heterocycles. The van der Waals surface area contributed by atoms with Crippen LogP contribution in [0.4, 0.5) is 5.82 Å². The third-order valence-corrected chi connectivity index (χ3v) is 5.77. The Morgan fingerprint density at radius 3 is 2.76 bits per heavy atom. The van der Waals surface area contributed by atoms with Gasteiger partial charge in [-0.1, -0.05) is 0 Å². The van der Waals surface area contributed by atoms with E-state index in [0.717, 1.165) is 18.4 Å². The van der Waals surface area contributed by atoms with Crippen molar-refractivity contribution in [3.8, 4) is 17.5 Å². The van der Waals surface area contributed by atoms with E-state index in [0.29, 0.717) is 43.4 Å². The molecule has 0 bridgehead atoms. The first kappa shape index (κ1) is 19.3. The third-order valence-electron chi connectivity index (χ3n) is 5.77. The molecule has 29 heavy (non-hydrogen) atoms. The predicted octanol–water partition coefficient (Wildman–Crippen LogP) is 1.21. The Morgan fingerprint density at radius 1 is 1.38 bits per heavy atom. The molecule has 2 aliphatic rings. The van der Waals surface area contributed by atoms with Gasteiger partial charge >= 0.3 is 0 Å². The first-order valence-electron chi connectivity index (χ1n) is 9.78. The minimum absolute atomic E-state index is 0.0368. The Morgan fingerprint density at radius 2 is 2.17 bits per heavy atom. The molecule has 1 unspecified atom stereocenters. The first-order chi connectivity index (χ1) is 14.0. The molecule has 0 radical (unpaired) electrons. The zero-order chi connectivity index (χ0) is 20.6. The lowest BCUT2D eigenvalue weighted by molar-refractivity contribution is -0.139. The Hall–Kier alpha value is -2.99. The Balaban J connectivity index is 1.55. The van der Waals surface area contributed by atoms with Gasteiger partial charge < -0.3 is 14.5 Å². The van der Waals surface area contributed by atoms with E-state index >= 15 is 0 Å². The summed E-state index contributed by atoms with van der Waals surface area (Å²) in [4.78, 5) is 26.0. The summed E-state index contributed by atoms with van der Waals surface area (Å²) < 4.78 is 6.96. The van der Waals surface area contributed by atoms with Crippen molar-refractivity contribution in [1.29, 1.82) is 5.26 Å². The third kappa shape index (κ3) is 3.56. The monoisotopic (exact) mass is 395 g/mol. The van der Waals surface area contributed by atoms with Crippen LogP contribution in [-0.4, -0.2) is 69.9 Å².